The molecule has 0 radical (unpaired) electrons. The minimum atomic E-state index is -0.0235. The standard InChI is InChI=1S/C20H19BrN2O/c1-23(14-20(24)22-19-12-5-4-11-18(19)21)13-16-9-6-8-15-7-2-3-10-17(15)16/h2-12H,13-14H2,1H3,(H,22,24). The summed E-state index contributed by atoms with van der Waals surface area (Å²) in [4.78, 5) is 14.3. The first-order valence-electron chi connectivity index (χ1n) is 7.83. The van der Waals surface area contributed by atoms with E-state index >= 15 is 0 Å². The summed E-state index contributed by atoms with van der Waals surface area (Å²) in [6.45, 7) is 1.06. The Bertz CT molecular complexity index is 858. The summed E-state index contributed by atoms with van der Waals surface area (Å²) in [6.07, 6.45) is 0. The van der Waals surface area contributed by atoms with Crippen LogP contribution in [0.15, 0.2) is 71.2 Å². The molecule has 0 aromatic heterocycles. The lowest BCUT2D eigenvalue weighted by Gasteiger charge is -2.18. The molecule has 0 saturated heterocycles. The highest BCUT2D eigenvalue weighted by atomic mass is 79.9. The largest absolute Gasteiger partial charge is 0.324 e. The van der Waals surface area contributed by atoms with Gasteiger partial charge in [-0.2, -0.15) is 0 Å². The van der Waals surface area contributed by atoms with Crippen LogP contribution in [-0.4, -0.2) is 24.4 Å². The van der Waals surface area contributed by atoms with E-state index in [2.05, 4.69) is 51.6 Å². The molecule has 0 unspecified atom stereocenters. The van der Waals surface area contributed by atoms with Gasteiger partial charge in [-0.1, -0.05) is 54.6 Å². The van der Waals surface area contributed by atoms with Crippen molar-refractivity contribution in [1.82, 2.24) is 4.90 Å². The van der Waals surface area contributed by atoms with Crippen LogP contribution in [0.4, 0.5) is 5.69 Å². The second kappa shape index (κ2) is 7.60. The maximum atomic E-state index is 12.3. The second-order valence-electron chi connectivity index (χ2n) is 5.84. The average molecular weight is 383 g/mol. The number of benzene rings is 3. The maximum absolute atomic E-state index is 12.3. The van der Waals surface area contributed by atoms with Crippen LogP contribution in [0.5, 0.6) is 0 Å². The highest BCUT2D eigenvalue weighted by Gasteiger charge is 2.10. The van der Waals surface area contributed by atoms with Gasteiger partial charge in [0.15, 0.2) is 0 Å². The fraction of sp³-hybridized carbons (Fsp3) is 0.150. The van der Waals surface area contributed by atoms with E-state index in [1.54, 1.807) is 0 Å². The van der Waals surface area contributed by atoms with Crippen LogP contribution in [0.1, 0.15) is 5.56 Å². The highest BCUT2D eigenvalue weighted by molar-refractivity contribution is 9.10. The van der Waals surface area contributed by atoms with Gasteiger partial charge in [0.1, 0.15) is 0 Å². The van der Waals surface area contributed by atoms with Gasteiger partial charge in [0, 0.05) is 11.0 Å². The van der Waals surface area contributed by atoms with Crippen LogP contribution in [0.25, 0.3) is 10.8 Å². The summed E-state index contributed by atoms with van der Waals surface area (Å²) in [5, 5.41) is 5.39. The monoisotopic (exact) mass is 382 g/mol. The van der Waals surface area contributed by atoms with Crippen LogP contribution in [0, 0.1) is 0 Å². The lowest BCUT2D eigenvalue weighted by Crippen LogP contribution is -2.30. The van der Waals surface area contributed by atoms with Crippen LogP contribution in [0.3, 0.4) is 0 Å². The van der Waals surface area contributed by atoms with Crippen molar-refractivity contribution in [1.29, 1.82) is 0 Å². The molecule has 3 aromatic rings. The second-order valence-corrected chi connectivity index (χ2v) is 6.69. The number of nitrogens with zero attached hydrogens (tertiary/aromatic N) is 1. The topological polar surface area (TPSA) is 32.3 Å². The molecule has 122 valence electrons. The molecule has 0 heterocycles. The number of halogens is 1. The molecule has 0 saturated carbocycles. The van der Waals surface area contributed by atoms with Gasteiger partial charge in [0.25, 0.3) is 0 Å². The molecule has 0 atom stereocenters. The molecule has 0 aliphatic carbocycles. The molecule has 0 fully saturated rings. The third kappa shape index (κ3) is 4.02. The van der Waals surface area contributed by atoms with Crippen molar-refractivity contribution in [2.45, 2.75) is 6.54 Å². The molecule has 0 spiro atoms. The summed E-state index contributed by atoms with van der Waals surface area (Å²) >= 11 is 3.44. The highest BCUT2D eigenvalue weighted by Crippen LogP contribution is 2.22. The first-order chi connectivity index (χ1) is 11.6. The Labute approximate surface area is 150 Å². The third-order valence-corrected chi connectivity index (χ3v) is 4.57. The number of anilines is 1. The van der Waals surface area contributed by atoms with E-state index in [-0.39, 0.29) is 5.91 Å². The first kappa shape index (κ1) is 16.7. The molecule has 0 aliphatic heterocycles. The zero-order chi connectivity index (χ0) is 16.9. The van der Waals surface area contributed by atoms with E-state index in [4.69, 9.17) is 0 Å². The van der Waals surface area contributed by atoms with Crippen molar-refractivity contribution in [2.24, 2.45) is 0 Å². The van der Waals surface area contributed by atoms with Crippen molar-refractivity contribution in [3.8, 4) is 0 Å². The molecular weight excluding hydrogens is 364 g/mol. The quantitative estimate of drug-likeness (QED) is 0.694. The number of likely N-dealkylation sites (N-methyl/N-ethyl adjacent to an activating group) is 1. The summed E-state index contributed by atoms with van der Waals surface area (Å²) < 4.78 is 0.884. The first-order valence-corrected chi connectivity index (χ1v) is 8.62. The van der Waals surface area contributed by atoms with Gasteiger partial charge in [-0.15, -0.1) is 0 Å². The van der Waals surface area contributed by atoms with E-state index in [0.29, 0.717) is 6.54 Å². The average Bonchev–Trinajstić information content (AvgIpc) is 2.57. The normalized spacial score (nSPS) is 11.0. The molecule has 3 rings (SSSR count). The van der Waals surface area contributed by atoms with Crippen molar-refractivity contribution in [3.05, 3.63) is 76.8 Å². The van der Waals surface area contributed by atoms with Gasteiger partial charge >= 0.3 is 0 Å². The molecule has 1 amide bonds. The number of amides is 1. The molecule has 3 aromatic carbocycles. The Morgan fingerprint density at radius 3 is 2.54 bits per heavy atom. The van der Waals surface area contributed by atoms with Crippen LogP contribution in [-0.2, 0) is 11.3 Å². The lowest BCUT2D eigenvalue weighted by atomic mass is 10.0. The minimum Gasteiger partial charge on any atom is -0.324 e. The fourth-order valence-electron chi connectivity index (χ4n) is 2.77. The van der Waals surface area contributed by atoms with Crippen molar-refractivity contribution >= 4 is 38.3 Å². The van der Waals surface area contributed by atoms with E-state index in [0.717, 1.165) is 16.7 Å². The Balaban J connectivity index is 1.66. The zero-order valence-electron chi connectivity index (χ0n) is 13.5. The number of carbonyl (C=O) groups is 1. The number of carbonyl (C=O) groups excluding carboxylic acids is 1. The predicted molar refractivity (Wildman–Crippen MR) is 103 cm³/mol. The SMILES string of the molecule is CN(CC(=O)Nc1ccccc1Br)Cc1cccc2ccccc12. The van der Waals surface area contributed by atoms with Crippen molar-refractivity contribution in [3.63, 3.8) is 0 Å². The molecule has 4 heteroatoms. The van der Waals surface area contributed by atoms with Gasteiger partial charge in [-0.05, 0) is 51.4 Å². The van der Waals surface area contributed by atoms with Gasteiger partial charge < -0.3 is 5.32 Å². The number of rotatable bonds is 5. The zero-order valence-corrected chi connectivity index (χ0v) is 15.1. The molecule has 0 bridgehead atoms. The van der Waals surface area contributed by atoms with Crippen molar-refractivity contribution < 1.29 is 4.79 Å². The molecule has 3 nitrogen and oxygen atoms in total. The van der Waals surface area contributed by atoms with Crippen LogP contribution >= 0.6 is 15.9 Å². The smallest absolute Gasteiger partial charge is 0.238 e. The molecule has 0 aliphatic rings. The van der Waals surface area contributed by atoms with E-state index < -0.39 is 0 Å². The lowest BCUT2D eigenvalue weighted by molar-refractivity contribution is -0.117. The Morgan fingerprint density at radius 2 is 1.71 bits per heavy atom. The predicted octanol–water partition coefficient (Wildman–Crippen LogP) is 4.67. The van der Waals surface area contributed by atoms with Gasteiger partial charge in [-0.3, -0.25) is 9.69 Å². The third-order valence-electron chi connectivity index (χ3n) is 3.88. The van der Waals surface area contributed by atoms with Crippen molar-refractivity contribution in [2.75, 3.05) is 18.9 Å². The Morgan fingerprint density at radius 1 is 1.00 bits per heavy atom. The van der Waals surface area contributed by atoms with Gasteiger partial charge in [0.05, 0.1) is 12.2 Å². The number of hydrogen-bond donors (Lipinski definition) is 1. The summed E-state index contributed by atoms with van der Waals surface area (Å²) in [7, 11) is 1.96. The molecular formula is C20H19BrN2O. The fourth-order valence-corrected chi connectivity index (χ4v) is 3.16. The summed E-state index contributed by atoms with van der Waals surface area (Å²) in [5.41, 5.74) is 2.02. The molecule has 24 heavy (non-hydrogen) atoms. The van der Waals surface area contributed by atoms with E-state index in [9.17, 15) is 4.79 Å². The summed E-state index contributed by atoms with van der Waals surface area (Å²) in [5.74, 6) is -0.0235. The number of nitrogens with one attached hydrogen (secondary N) is 1. The summed E-state index contributed by atoms with van der Waals surface area (Å²) in [6, 6.07) is 22.2. The number of para-hydroxylation sites is 1. The minimum absolute atomic E-state index is 0.0235. The van der Waals surface area contributed by atoms with Crippen LogP contribution in [0.2, 0.25) is 0 Å². The van der Waals surface area contributed by atoms with Crippen LogP contribution < -0.4 is 5.32 Å². The Kier molecular flexibility index (Phi) is 5.28. The van der Waals surface area contributed by atoms with E-state index in [1.165, 1.54) is 16.3 Å². The number of fused-ring (bicyclic) bond motifs is 1. The maximum Gasteiger partial charge on any atom is 0.238 e. The molecule has 1 N–H and O–H groups in total. The van der Waals surface area contributed by atoms with E-state index in [1.807, 2.05) is 48.3 Å². The van der Waals surface area contributed by atoms with Gasteiger partial charge in [0.2, 0.25) is 5.91 Å². The van der Waals surface area contributed by atoms with Gasteiger partial charge in [-0.25, -0.2) is 0 Å². The number of hydrogen-bond acceptors (Lipinski definition) is 2. The Hall–Kier alpha value is -2.17.